The zero-order valence-electron chi connectivity index (χ0n) is 32.5. The Bertz CT molecular complexity index is 2160. The summed E-state index contributed by atoms with van der Waals surface area (Å²) in [5.41, 5.74) is 3.40. The molecule has 0 radical (unpaired) electrons. The third-order valence-corrected chi connectivity index (χ3v) is 9.49. The number of nitrogens with zero attached hydrogens (tertiary/aromatic N) is 7. The molecule has 2 fully saturated rings. The molecule has 2 aromatic heterocycles. The van der Waals surface area contributed by atoms with E-state index in [-0.39, 0.29) is 30.6 Å². The fraction of sp³-hybridized carbons (Fsp3) is 0.472. The first-order valence-corrected chi connectivity index (χ1v) is 19.1. The Hall–Kier alpha value is -6.50. The minimum Gasteiger partial charge on any atom is -0.455 e. The van der Waals surface area contributed by atoms with Crippen LogP contribution in [0.2, 0.25) is 5.15 Å². The third-order valence-electron chi connectivity index (χ3n) is 9.22. The lowest BCUT2D eigenvalue weighted by Gasteiger charge is -2.19. The molecule has 25 heteroatoms. The second kappa shape index (κ2) is 20.7. The highest BCUT2D eigenvalue weighted by atomic mass is 35.5. The van der Waals surface area contributed by atoms with Gasteiger partial charge in [0.25, 0.3) is 10.2 Å². The number of hydrogen-bond donors (Lipinski definition) is 1. The number of unbranched alkanes of at least 4 members (excludes halogenated alkanes) is 1. The summed E-state index contributed by atoms with van der Waals surface area (Å²) < 4.78 is 39.4. The van der Waals surface area contributed by atoms with Crippen molar-refractivity contribution in [3.05, 3.63) is 91.0 Å². The smallest absolute Gasteiger partial charge is 0.455 e. The lowest BCUT2D eigenvalue weighted by molar-refractivity contribution is -0.790. The number of aryl methyl sites for hydroxylation is 1. The number of carbonyl (C=O) groups excluding carboxylic acids is 3. The van der Waals surface area contributed by atoms with Gasteiger partial charge in [0.05, 0.1) is 19.8 Å². The van der Waals surface area contributed by atoms with E-state index in [9.17, 15) is 34.6 Å². The van der Waals surface area contributed by atoms with Gasteiger partial charge < -0.3 is 47.4 Å². The highest BCUT2D eigenvalue weighted by Gasteiger charge is 2.51. The average molecular weight is 875 g/mol. The number of nitrogens with one attached hydrogen (secondary N) is 1. The molecule has 2 aromatic carbocycles. The van der Waals surface area contributed by atoms with Gasteiger partial charge in [-0.25, -0.2) is 19.4 Å². The van der Waals surface area contributed by atoms with E-state index in [0.717, 1.165) is 35.1 Å². The molecule has 4 aromatic rings. The molecule has 6 atom stereocenters. The number of hydrogen-bond acceptors (Lipinski definition) is 20. The number of tetrazole rings is 1. The number of aromatic amines is 1. The molecule has 2 aliphatic rings. The maximum Gasteiger partial charge on any atom is 0.511 e. The van der Waals surface area contributed by atoms with Gasteiger partial charge >= 0.3 is 18.1 Å². The van der Waals surface area contributed by atoms with Gasteiger partial charge in [0.2, 0.25) is 12.1 Å². The Morgan fingerprint density at radius 3 is 2.33 bits per heavy atom. The molecular formula is C36H39ClN8O16. The molecule has 0 saturated carbocycles. The van der Waals surface area contributed by atoms with Gasteiger partial charge in [0.1, 0.15) is 31.2 Å². The van der Waals surface area contributed by atoms with Gasteiger partial charge in [-0.2, -0.15) is 5.21 Å². The summed E-state index contributed by atoms with van der Waals surface area (Å²) in [4.78, 5) is 72.5. The number of benzene rings is 2. The van der Waals surface area contributed by atoms with Crippen LogP contribution in [0.1, 0.15) is 48.6 Å². The molecule has 2 saturated heterocycles. The van der Waals surface area contributed by atoms with Crippen LogP contribution in [-0.4, -0.2) is 128 Å². The van der Waals surface area contributed by atoms with Crippen LogP contribution < -0.4 is 0 Å². The van der Waals surface area contributed by atoms with Crippen molar-refractivity contribution in [1.29, 1.82) is 0 Å². The summed E-state index contributed by atoms with van der Waals surface area (Å²) in [5.74, 6) is -0.784. The number of carbonyl (C=O) groups is 3. The largest absolute Gasteiger partial charge is 0.511 e. The van der Waals surface area contributed by atoms with Crippen LogP contribution in [0.25, 0.3) is 22.5 Å². The number of H-pyrrole nitrogens is 1. The SMILES string of the molecule is CCCCc1nc(Cl)c(C(=O)OC(C)OC(=O)O[C@@H]2COC3C2OC[C@H]3OC(=O)COC[C@@H](CO[N+](=O)[O-])O[N+](=O)[O-])n1Cc1ccc(-c2ccccc2-c2nn[nH]n2)cc1. The predicted octanol–water partition coefficient (Wildman–Crippen LogP) is 3.31. The zero-order chi connectivity index (χ0) is 43.5. The van der Waals surface area contributed by atoms with Gasteiger partial charge in [0.15, 0.2) is 29.2 Å². The van der Waals surface area contributed by atoms with Crippen molar-refractivity contribution in [1.82, 2.24) is 30.2 Å². The third kappa shape index (κ3) is 11.6. The Labute approximate surface area is 349 Å². The Kier molecular flexibility index (Phi) is 14.9. The molecule has 61 heavy (non-hydrogen) atoms. The van der Waals surface area contributed by atoms with Crippen LogP contribution >= 0.6 is 11.6 Å². The van der Waals surface area contributed by atoms with E-state index in [0.29, 0.717) is 18.1 Å². The predicted molar refractivity (Wildman–Crippen MR) is 201 cm³/mol. The molecule has 0 amide bonds. The van der Waals surface area contributed by atoms with E-state index >= 15 is 0 Å². The van der Waals surface area contributed by atoms with E-state index in [1.54, 1.807) is 4.57 Å². The number of ether oxygens (including phenoxy) is 7. The van der Waals surface area contributed by atoms with Gasteiger partial charge in [-0.15, -0.1) is 30.4 Å². The molecule has 1 N–H and O–H groups in total. The highest BCUT2D eigenvalue weighted by molar-refractivity contribution is 6.32. The Morgan fingerprint density at radius 1 is 0.967 bits per heavy atom. The van der Waals surface area contributed by atoms with Crippen molar-refractivity contribution in [2.75, 3.05) is 33.0 Å². The summed E-state index contributed by atoms with van der Waals surface area (Å²) in [7, 11) is 0. The van der Waals surface area contributed by atoms with Crippen LogP contribution in [-0.2, 0) is 60.6 Å². The molecule has 6 rings (SSSR count). The maximum absolute atomic E-state index is 13.6. The first-order valence-electron chi connectivity index (χ1n) is 18.7. The van der Waals surface area contributed by atoms with E-state index in [1.165, 1.54) is 6.92 Å². The topological polar surface area (TPSA) is 293 Å². The summed E-state index contributed by atoms with van der Waals surface area (Å²) in [6.07, 6.45) is -5.58. The van der Waals surface area contributed by atoms with Crippen LogP contribution in [0.15, 0.2) is 48.5 Å². The fourth-order valence-corrected chi connectivity index (χ4v) is 6.81. The molecule has 3 unspecified atom stereocenters. The van der Waals surface area contributed by atoms with Crippen LogP contribution in [0, 0.1) is 20.2 Å². The molecule has 326 valence electrons. The maximum atomic E-state index is 13.6. The zero-order valence-corrected chi connectivity index (χ0v) is 33.2. The normalized spacial score (nSPS) is 19.0. The van der Waals surface area contributed by atoms with E-state index in [4.69, 9.17) is 44.8 Å². The van der Waals surface area contributed by atoms with Crippen LogP contribution in [0.4, 0.5) is 4.79 Å². The van der Waals surface area contributed by atoms with Crippen molar-refractivity contribution >= 4 is 29.7 Å². The second-order valence-corrected chi connectivity index (χ2v) is 13.8. The lowest BCUT2D eigenvalue weighted by atomic mass is 9.98. The number of imidazole rings is 1. The number of esters is 2. The van der Waals surface area contributed by atoms with Crippen molar-refractivity contribution in [2.24, 2.45) is 0 Å². The summed E-state index contributed by atoms with van der Waals surface area (Å²) in [6.45, 7) is 1.15. The minimum atomic E-state index is -1.49. The molecule has 4 heterocycles. The molecule has 0 aliphatic carbocycles. The molecule has 0 bridgehead atoms. The van der Waals surface area contributed by atoms with Gasteiger partial charge in [-0.1, -0.05) is 73.5 Å². The summed E-state index contributed by atoms with van der Waals surface area (Å²) in [5, 5.41) is 32.9. The van der Waals surface area contributed by atoms with Crippen molar-refractivity contribution in [3.8, 4) is 22.5 Å². The van der Waals surface area contributed by atoms with Crippen molar-refractivity contribution in [3.63, 3.8) is 0 Å². The average Bonchev–Trinajstić information content (AvgIpc) is 4.03. The van der Waals surface area contributed by atoms with E-state index in [1.807, 2.05) is 55.5 Å². The number of halogens is 1. The number of rotatable bonds is 21. The summed E-state index contributed by atoms with van der Waals surface area (Å²) in [6, 6.07) is 15.4. The van der Waals surface area contributed by atoms with Gasteiger partial charge in [-0.05, 0) is 28.3 Å². The van der Waals surface area contributed by atoms with Gasteiger partial charge in [0, 0.05) is 25.5 Å². The fourth-order valence-electron chi connectivity index (χ4n) is 6.54. The number of aromatic nitrogens is 6. The monoisotopic (exact) mass is 874 g/mol. The molecule has 2 aliphatic heterocycles. The van der Waals surface area contributed by atoms with Crippen LogP contribution in [0.5, 0.6) is 0 Å². The standard InChI is InChI=1S/C36H39ClN8O16/c1-3-4-9-28-38-33(37)30(43(28)14-21-10-12-22(13-11-21)24-7-5-6-8-25(24)34-39-41-42-40-34)35(47)57-20(2)58-36(48)60-27-18-55-31-26(17-54-32(27)31)59-29(46)19-53-15-23(61-45(51)52)16-56-44(49)50/h5-8,10-13,20,23,26-27,31-32H,3-4,9,14-19H2,1-2H3,(H,39,40,41,42)/t20?,23-,26+,27+,31?,32?/m0/s1. The second-order valence-electron chi connectivity index (χ2n) is 13.4. The van der Waals surface area contributed by atoms with Crippen LogP contribution in [0.3, 0.4) is 0 Å². The first kappa shape index (κ1) is 44.1. The first-order chi connectivity index (χ1) is 29.4. The van der Waals surface area contributed by atoms with Gasteiger partial charge in [-0.3, -0.25) is 0 Å². The quantitative estimate of drug-likeness (QED) is 0.0413. The molecular weight excluding hydrogens is 836 g/mol. The molecule has 0 spiro atoms. The van der Waals surface area contributed by atoms with E-state index in [2.05, 4.69) is 35.3 Å². The Balaban J connectivity index is 1.01. The summed E-state index contributed by atoms with van der Waals surface area (Å²) >= 11 is 6.53. The number of fused-ring (bicyclic) bond motifs is 1. The lowest BCUT2D eigenvalue weighted by Crippen LogP contribution is -2.37. The molecule has 24 nitrogen and oxygen atoms in total. The van der Waals surface area contributed by atoms with E-state index < -0.39 is 84.9 Å². The minimum absolute atomic E-state index is 0.0333. The highest BCUT2D eigenvalue weighted by Crippen LogP contribution is 2.32. The Morgan fingerprint density at radius 2 is 1.67 bits per heavy atom. The van der Waals surface area contributed by atoms with Crippen molar-refractivity contribution in [2.45, 2.75) is 76.5 Å². The van der Waals surface area contributed by atoms with Crippen molar-refractivity contribution < 1.29 is 67.4 Å².